The maximum atomic E-state index is 11.6. The second kappa shape index (κ2) is 6.12. The van der Waals surface area contributed by atoms with Gasteiger partial charge in [0.05, 0.1) is 5.56 Å². The number of hydrogen-bond donors (Lipinski definition) is 2. The van der Waals surface area contributed by atoms with E-state index in [9.17, 15) is 9.59 Å². The highest BCUT2D eigenvalue weighted by molar-refractivity contribution is 7.98. The van der Waals surface area contributed by atoms with Gasteiger partial charge in [0.2, 0.25) is 0 Å². The number of carbonyl (C=O) groups excluding carboxylic acids is 1. The first-order chi connectivity index (χ1) is 7.65. The number of nitrogens with one attached hydrogen (secondary N) is 1. The molecule has 0 aliphatic heterocycles. The van der Waals surface area contributed by atoms with Crippen molar-refractivity contribution in [1.29, 1.82) is 0 Å². The fourth-order valence-corrected chi connectivity index (χ4v) is 1.64. The van der Waals surface area contributed by atoms with E-state index < -0.39 is 17.9 Å². The Balaban J connectivity index is 2.65. The molecule has 1 rings (SSSR count). The van der Waals surface area contributed by atoms with Crippen molar-refractivity contribution in [3.05, 3.63) is 30.1 Å². The number of rotatable bonds is 5. The minimum atomic E-state index is -1.04. The first-order valence-electron chi connectivity index (χ1n) is 4.57. The van der Waals surface area contributed by atoms with Gasteiger partial charge in [-0.3, -0.25) is 9.78 Å². The van der Waals surface area contributed by atoms with E-state index in [1.807, 2.05) is 0 Å². The molecule has 0 aromatic carbocycles. The van der Waals surface area contributed by atoms with Crippen molar-refractivity contribution >= 4 is 23.6 Å². The van der Waals surface area contributed by atoms with E-state index in [0.29, 0.717) is 11.3 Å². The van der Waals surface area contributed by atoms with E-state index in [4.69, 9.17) is 5.11 Å². The molecule has 0 radical (unpaired) electrons. The number of aliphatic carboxylic acids is 1. The van der Waals surface area contributed by atoms with Gasteiger partial charge < -0.3 is 10.4 Å². The van der Waals surface area contributed by atoms with Crippen molar-refractivity contribution in [1.82, 2.24) is 10.3 Å². The molecule has 1 heterocycles. The van der Waals surface area contributed by atoms with Gasteiger partial charge in [-0.25, -0.2) is 4.79 Å². The molecular formula is C10H12N2O3S. The summed E-state index contributed by atoms with van der Waals surface area (Å²) in [6, 6.07) is 2.34. The maximum Gasteiger partial charge on any atom is 0.327 e. The minimum absolute atomic E-state index is 0.335. The molecule has 6 heteroatoms. The maximum absolute atomic E-state index is 11.6. The van der Waals surface area contributed by atoms with Crippen LogP contribution in [0.4, 0.5) is 0 Å². The topological polar surface area (TPSA) is 79.3 Å². The lowest BCUT2D eigenvalue weighted by Gasteiger charge is -2.12. The fourth-order valence-electron chi connectivity index (χ4n) is 1.08. The lowest BCUT2D eigenvalue weighted by Crippen LogP contribution is -2.42. The number of hydrogen-bond acceptors (Lipinski definition) is 4. The van der Waals surface area contributed by atoms with Crippen molar-refractivity contribution < 1.29 is 14.7 Å². The van der Waals surface area contributed by atoms with Gasteiger partial charge >= 0.3 is 5.97 Å². The van der Waals surface area contributed by atoms with Crippen molar-refractivity contribution in [2.75, 3.05) is 12.0 Å². The quantitative estimate of drug-likeness (QED) is 0.789. The first-order valence-corrected chi connectivity index (χ1v) is 5.97. The first kappa shape index (κ1) is 12.5. The third kappa shape index (κ3) is 3.54. The van der Waals surface area contributed by atoms with E-state index >= 15 is 0 Å². The lowest BCUT2D eigenvalue weighted by molar-refractivity contribution is -0.138. The Morgan fingerprint density at radius 2 is 2.38 bits per heavy atom. The predicted octanol–water partition coefficient (Wildman–Crippen LogP) is 0.628. The summed E-state index contributed by atoms with van der Waals surface area (Å²) >= 11 is 1.36. The van der Waals surface area contributed by atoms with Crippen LogP contribution in [0.5, 0.6) is 0 Å². The summed E-state index contributed by atoms with van der Waals surface area (Å²) < 4.78 is 0. The van der Waals surface area contributed by atoms with Crippen LogP contribution in [0, 0.1) is 0 Å². The summed E-state index contributed by atoms with van der Waals surface area (Å²) in [5, 5.41) is 11.3. The number of carbonyl (C=O) groups is 2. The number of nitrogens with zero attached hydrogens (tertiary/aromatic N) is 1. The molecule has 1 unspecified atom stereocenters. The number of amides is 1. The van der Waals surface area contributed by atoms with Crippen LogP contribution >= 0.6 is 11.8 Å². The molecule has 86 valence electrons. The highest BCUT2D eigenvalue weighted by Crippen LogP contribution is 2.01. The van der Waals surface area contributed by atoms with Gasteiger partial charge in [-0.05, 0) is 18.4 Å². The number of thioether (sulfide) groups is 1. The van der Waals surface area contributed by atoms with Crippen LogP contribution in [0.1, 0.15) is 10.4 Å². The summed E-state index contributed by atoms with van der Waals surface area (Å²) in [6.07, 6.45) is 4.73. The standard InChI is InChI=1S/C10H12N2O3S/c1-16-6-8(10(14)15)12-9(13)7-3-2-4-11-5-7/h2-5,8H,6H2,1H3,(H,12,13)(H,14,15). The second-order valence-corrected chi connectivity index (χ2v) is 3.97. The highest BCUT2D eigenvalue weighted by Gasteiger charge is 2.19. The molecule has 2 N–H and O–H groups in total. The van der Waals surface area contributed by atoms with Crippen LogP contribution in [0.3, 0.4) is 0 Å². The Kier molecular flexibility index (Phi) is 4.78. The van der Waals surface area contributed by atoms with Crippen LogP contribution in [0.25, 0.3) is 0 Å². The van der Waals surface area contributed by atoms with Crippen molar-refractivity contribution in [3.63, 3.8) is 0 Å². The Morgan fingerprint density at radius 1 is 1.62 bits per heavy atom. The summed E-state index contributed by atoms with van der Waals surface area (Å²) in [5.74, 6) is -1.12. The molecule has 1 aromatic heterocycles. The van der Waals surface area contributed by atoms with Crippen LogP contribution in [0.2, 0.25) is 0 Å². The Bertz CT molecular complexity index is 370. The summed E-state index contributed by atoms with van der Waals surface area (Å²) in [6.45, 7) is 0. The Labute approximate surface area is 97.3 Å². The molecule has 0 saturated carbocycles. The zero-order valence-corrected chi connectivity index (χ0v) is 9.53. The fraction of sp³-hybridized carbons (Fsp3) is 0.300. The molecule has 0 fully saturated rings. The molecule has 16 heavy (non-hydrogen) atoms. The minimum Gasteiger partial charge on any atom is -0.480 e. The van der Waals surface area contributed by atoms with Crippen LogP contribution in [-0.2, 0) is 4.79 Å². The largest absolute Gasteiger partial charge is 0.480 e. The zero-order valence-electron chi connectivity index (χ0n) is 8.71. The van der Waals surface area contributed by atoms with Gasteiger partial charge in [-0.2, -0.15) is 11.8 Å². The summed E-state index contributed by atoms with van der Waals surface area (Å²) in [7, 11) is 0. The second-order valence-electron chi connectivity index (χ2n) is 3.06. The molecule has 0 aliphatic rings. The molecule has 0 saturated heterocycles. The normalized spacial score (nSPS) is 11.8. The Hall–Kier alpha value is -1.56. The smallest absolute Gasteiger partial charge is 0.327 e. The van der Waals surface area contributed by atoms with Crippen molar-refractivity contribution in [2.24, 2.45) is 0 Å². The molecule has 1 amide bonds. The number of carboxylic acid groups (broad SMARTS) is 1. The summed E-state index contributed by atoms with van der Waals surface area (Å²) in [4.78, 5) is 26.2. The van der Waals surface area contributed by atoms with E-state index in [-0.39, 0.29) is 0 Å². The molecule has 0 bridgehead atoms. The molecule has 5 nitrogen and oxygen atoms in total. The van der Waals surface area contributed by atoms with Gasteiger partial charge in [-0.15, -0.1) is 0 Å². The average Bonchev–Trinajstić information content (AvgIpc) is 2.29. The zero-order chi connectivity index (χ0) is 12.0. The lowest BCUT2D eigenvalue weighted by atomic mass is 10.2. The number of pyridine rings is 1. The van der Waals surface area contributed by atoms with Crippen LogP contribution in [-0.4, -0.2) is 40.0 Å². The molecule has 1 atom stereocenters. The van der Waals surface area contributed by atoms with Gasteiger partial charge in [0, 0.05) is 18.1 Å². The monoisotopic (exact) mass is 240 g/mol. The molecule has 0 spiro atoms. The van der Waals surface area contributed by atoms with E-state index in [2.05, 4.69) is 10.3 Å². The third-order valence-corrected chi connectivity index (χ3v) is 2.53. The SMILES string of the molecule is CSCC(NC(=O)c1cccnc1)C(=O)O. The predicted molar refractivity (Wildman–Crippen MR) is 61.5 cm³/mol. The Morgan fingerprint density at radius 3 is 2.88 bits per heavy atom. The summed E-state index contributed by atoms with van der Waals surface area (Å²) in [5.41, 5.74) is 0.356. The number of carboxylic acids is 1. The van der Waals surface area contributed by atoms with E-state index in [1.165, 1.54) is 18.0 Å². The molecule has 0 aliphatic carbocycles. The van der Waals surface area contributed by atoms with Crippen molar-refractivity contribution in [3.8, 4) is 0 Å². The van der Waals surface area contributed by atoms with Crippen LogP contribution < -0.4 is 5.32 Å². The van der Waals surface area contributed by atoms with Gasteiger partial charge in [0.1, 0.15) is 6.04 Å². The van der Waals surface area contributed by atoms with Gasteiger partial charge in [0.25, 0.3) is 5.91 Å². The molecular weight excluding hydrogens is 228 g/mol. The third-order valence-electron chi connectivity index (χ3n) is 1.86. The average molecular weight is 240 g/mol. The molecule has 1 aromatic rings. The van der Waals surface area contributed by atoms with Gasteiger partial charge in [0.15, 0.2) is 0 Å². The van der Waals surface area contributed by atoms with E-state index in [0.717, 1.165) is 0 Å². The van der Waals surface area contributed by atoms with Gasteiger partial charge in [-0.1, -0.05) is 0 Å². The van der Waals surface area contributed by atoms with Crippen molar-refractivity contribution in [2.45, 2.75) is 6.04 Å². The number of aromatic nitrogens is 1. The highest BCUT2D eigenvalue weighted by atomic mass is 32.2. The van der Waals surface area contributed by atoms with Crippen LogP contribution in [0.15, 0.2) is 24.5 Å². The van der Waals surface area contributed by atoms with E-state index in [1.54, 1.807) is 24.6 Å².